The highest BCUT2D eigenvalue weighted by molar-refractivity contribution is 5.91. The molecule has 62 valence electrons. The van der Waals surface area contributed by atoms with Crippen LogP contribution in [0.1, 0.15) is 13.8 Å². The van der Waals surface area contributed by atoms with Crippen molar-refractivity contribution in [3.63, 3.8) is 0 Å². The first-order valence-electron chi connectivity index (χ1n) is 3.35. The lowest BCUT2D eigenvalue weighted by atomic mass is 10.3. The van der Waals surface area contributed by atoms with E-state index in [4.69, 9.17) is 4.74 Å². The minimum absolute atomic E-state index is 0.186. The summed E-state index contributed by atoms with van der Waals surface area (Å²) in [7, 11) is 0. The Balaban J connectivity index is 3.39. The van der Waals surface area contributed by atoms with E-state index in [1.54, 1.807) is 13.0 Å². The molecule has 0 aliphatic rings. The van der Waals surface area contributed by atoms with Crippen LogP contribution in [0.25, 0.3) is 0 Å². The topological polar surface area (TPSA) is 38.3 Å². The summed E-state index contributed by atoms with van der Waals surface area (Å²) in [5.41, 5.74) is 0.481. The fraction of sp³-hybridized carbons (Fsp3) is 0.375. The van der Waals surface area contributed by atoms with Gasteiger partial charge in [-0.25, -0.2) is 0 Å². The third kappa shape index (κ3) is 5.21. The van der Waals surface area contributed by atoms with Gasteiger partial charge in [0.25, 0.3) is 0 Å². The molecule has 0 rings (SSSR count). The molecule has 0 atom stereocenters. The third-order valence-electron chi connectivity index (χ3n) is 0.936. The number of ether oxygens (including phenoxy) is 1. The molecule has 1 amide bonds. The molecule has 0 fully saturated rings. The second-order valence-electron chi connectivity index (χ2n) is 2.07. The van der Waals surface area contributed by atoms with Gasteiger partial charge >= 0.3 is 0 Å². The molecule has 0 saturated carbocycles. The summed E-state index contributed by atoms with van der Waals surface area (Å²) in [5.74, 6) is -0.186. The summed E-state index contributed by atoms with van der Waals surface area (Å²) in [5, 5.41) is 2.50. The highest BCUT2D eigenvalue weighted by Crippen LogP contribution is 1.84. The second kappa shape index (κ2) is 5.53. The maximum atomic E-state index is 10.8. The average Bonchev–Trinajstić information content (AvgIpc) is 1.97. The molecule has 0 bridgehead atoms. The van der Waals surface area contributed by atoms with Crippen LogP contribution in [0.5, 0.6) is 0 Å². The molecule has 3 heteroatoms. The van der Waals surface area contributed by atoms with Crippen LogP contribution in [-0.4, -0.2) is 12.6 Å². The van der Waals surface area contributed by atoms with E-state index in [-0.39, 0.29) is 12.6 Å². The lowest BCUT2D eigenvalue weighted by Gasteiger charge is -2.02. The predicted octanol–water partition coefficient (Wildman–Crippen LogP) is 1.19. The summed E-state index contributed by atoms with van der Waals surface area (Å²) in [6.07, 6.45) is 3.26. The van der Waals surface area contributed by atoms with Gasteiger partial charge in [0.05, 0.1) is 6.26 Å². The standard InChI is InChI=1S/C8H13NO2/c1-4-5-11-6-9-8(10)7(2)3/h4-5H,2,6H2,1,3H3,(H,9,10). The highest BCUT2D eigenvalue weighted by Gasteiger charge is 1.97. The summed E-state index contributed by atoms with van der Waals surface area (Å²) in [6.45, 7) is 7.14. The van der Waals surface area contributed by atoms with E-state index in [2.05, 4.69) is 11.9 Å². The molecule has 0 spiro atoms. The van der Waals surface area contributed by atoms with E-state index in [1.807, 2.05) is 6.92 Å². The van der Waals surface area contributed by atoms with Crippen molar-refractivity contribution in [2.45, 2.75) is 13.8 Å². The number of nitrogens with one attached hydrogen (secondary N) is 1. The molecular weight excluding hydrogens is 142 g/mol. The normalized spacial score (nSPS) is 9.64. The van der Waals surface area contributed by atoms with Gasteiger partial charge in [0.1, 0.15) is 0 Å². The lowest BCUT2D eigenvalue weighted by molar-refractivity contribution is -0.118. The zero-order valence-corrected chi connectivity index (χ0v) is 6.89. The van der Waals surface area contributed by atoms with Gasteiger partial charge in [-0.2, -0.15) is 0 Å². The van der Waals surface area contributed by atoms with Crippen LogP contribution in [0, 0.1) is 0 Å². The summed E-state index contributed by atoms with van der Waals surface area (Å²) >= 11 is 0. The van der Waals surface area contributed by atoms with Crippen LogP contribution in [0.4, 0.5) is 0 Å². The molecule has 0 aromatic carbocycles. The number of amides is 1. The van der Waals surface area contributed by atoms with Crippen LogP contribution in [0.15, 0.2) is 24.5 Å². The molecule has 0 unspecified atom stereocenters. The molecule has 0 saturated heterocycles. The van der Waals surface area contributed by atoms with E-state index in [0.717, 1.165) is 0 Å². The van der Waals surface area contributed by atoms with Crippen LogP contribution in [-0.2, 0) is 9.53 Å². The van der Waals surface area contributed by atoms with Crippen LogP contribution in [0.3, 0.4) is 0 Å². The molecule has 3 nitrogen and oxygen atoms in total. The molecule has 0 aromatic heterocycles. The zero-order chi connectivity index (χ0) is 8.69. The minimum atomic E-state index is -0.186. The monoisotopic (exact) mass is 155 g/mol. The first kappa shape index (κ1) is 9.75. The summed E-state index contributed by atoms with van der Waals surface area (Å²) < 4.78 is 4.85. The maximum absolute atomic E-state index is 10.8. The molecule has 0 radical (unpaired) electrons. The number of carbonyl (C=O) groups excluding carboxylic acids is 1. The number of rotatable bonds is 4. The molecule has 0 aliphatic carbocycles. The quantitative estimate of drug-likeness (QED) is 0.286. The number of carbonyl (C=O) groups is 1. The van der Waals surface area contributed by atoms with Gasteiger partial charge in [-0.05, 0) is 13.8 Å². The fourth-order valence-corrected chi connectivity index (χ4v) is 0.402. The van der Waals surface area contributed by atoms with Crippen molar-refractivity contribution < 1.29 is 9.53 Å². The number of hydrogen-bond acceptors (Lipinski definition) is 2. The second-order valence-corrected chi connectivity index (χ2v) is 2.07. The van der Waals surface area contributed by atoms with E-state index >= 15 is 0 Å². The third-order valence-corrected chi connectivity index (χ3v) is 0.936. The van der Waals surface area contributed by atoms with E-state index in [0.29, 0.717) is 5.57 Å². The Kier molecular flexibility index (Phi) is 4.90. The van der Waals surface area contributed by atoms with Gasteiger partial charge in [-0.1, -0.05) is 12.7 Å². The molecule has 0 heterocycles. The van der Waals surface area contributed by atoms with E-state index in [9.17, 15) is 4.79 Å². The largest absolute Gasteiger partial charge is 0.481 e. The maximum Gasteiger partial charge on any atom is 0.248 e. The van der Waals surface area contributed by atoms with Crippen molar-refractivity contribution in [1.82, 2.24) is 5.32 Å². The van der Waals surface area contributed by atoms with Gasteiger partial charge in [0, 0.05) is 5.57 Å². The van der Waals surface area contributed by atoms with Crippen LogP contribution in [0.2, 0.25) is 0 Å². The van der Waals surface area contributed by atoms with E-state index in [1.165, 1.54) is 6.26 Å². The molecule has 1 N–H and O–H groups in total. The van der Waals surface area contributed by atoms with Crippen LogP contribution < -0.4 is 5.32 Å². The van der Waals surface area contributed by atoms with Crippen molar-refractivity contribution in [2.75, 3.05) is 6.73 Å². The predicted molar refractivity (Wildman–Crippen MR) is 43.7 cm³/mol. The van der Waals surface area contributed by atoms with Gasteiger partial charge < -0.3 is 10.1 Å². The number of hydrogen-bond donors (Lipinski definition) is 1. The summed E-state index contributed by atoms with van der Waals surface area (Å²) in [4.78, 5) is 10.8. The van der Waals surface area contributed by atoms with Crippen molar-refractivity contribution in [1.29, 1.82) is 0 Å². The molecule has 0 aromatic rings. The smallest absolute Gasteiger partial charge is 0.248 e. The Labute approximate surface area is 66.7 Å². The lowest BCUT2D eigenvalue weighted by Crippen LogP contribution is -2.25. The van der Waals surface area contributed by atoms with Crippen molar-refractivity contribution in [3.8, 4) is 0 Å². The van der Waals surface area contributed by atoms with Crippen molar-refractivity contribution in [2.24, 2.45) is 0 Å². The Hall–Kier alpha value is -1.25. The van der Waals surface area contributed by atoms with Crippen molar-refractivity contribution >= 4 is 5.91 Å². The van der Waals surface area contributed by atoms with Crippen LogP contribution >= 0.6 is 0 Å². The Morgan fingerprint density at radius 1 is 1.73 bits per heavy atom. The van der Waals surface area contributed by atoms with Gasteiger partial charge in [0.2, 0.25) is 5.91 Å². The van der Waals surface area contributed by atoms with Gasteiger partial charge in [-0.3, -0.25) is 4.79 Å². The number of allylic oxidation sites excluding steroid dienone is 1. The van der Waals surface area contributed by atoms with Gasteiger partial charge in [-0.15, -0.1) is 0 Å². The average molecular weight is 155 g/mol. The first-order chi connectivity index (χ1) is 5.18. The Morgan fingerprint density at radius 3 is 2.82 bits per heavy atom. The fourth-order valence-electron chi connectivity index (χ4n) is 0.402. The van der Waals surface area contributed by atoms with Crippen molar-refractivity contribution in [3.05, 3.63) is 24.5 Å². The Bertz CT molecular complexity index is 173. The zero-order valence-electron chi connectivity index (χ0n) is 6.89. The highest BCUT2D eigenvalue weighted by atomic mass is 16.5. The minimum Gasteiger partial charge on any atom is -0.481 e. The summed E-state index contributed by atoms with van der Waals surface area (Å²) in [6, 6.07) is 0. The SMILES string of the molecule is C=C(C)C(=O)NCOC=CC. The Morgan fingerprint density at radius 2 is 2.36 bits per heavy atom. The molecule has 11 heavy (non-hydrogen) atoms. The molecule has 0 aliphatic heterocycles. The molecular formula is C8H13NO2. The first-order valence-corrected chi connectivity index (χ1v) is 3.35. The van der Waals surface area contributed by atoms with E-state index < -0.39 is 0 Å². The van der Waals surface area contributed by atoms with Gasteiger partial charge in [0.15, 0.2) is 6.73 Å².